The van der Waals surface area contributed by atoms with Gasteiger partial charge in [-0.25, -0.2) is 4.98 Å². The van der Waals surface area contributed by atoms with Crippen LogP contribution in [0.4, 0.5) is 0 Å². The highest BCUT2D eigenvalue weighted by atomic mass is 35.5. The Morgan fingerprint density at radius 3 is 2.43 bits per heavy atom. The lowest BCUT2D eigenvalue weighted by Gasteiger charge is -2.12. The number of halogens is 2. The molecule has 23 heavy (non-hydrogen) atoms. The van der Waals surface area contributed by atoms with Crippen molar-refractivity contribution in [2.45, 2.75) is 13.5 Å². The Morgan fingerprint density at radius 2 is 1.78 bits per heavy atom. The average molecular weight is 345 g/mol. The summed E-state index contributed by atoms with van der Waals surface area (Å²) in [7, 11) is 0. The fraction of sp³-hybridized carbons (Fsp3) is 0.111. The lowest BCUT2D eigenvalue weighted by molar-refractivity contribution is 0.702. The van der Waals surface area contributed by atoms with Gasteiger partial charge in [-0.2, -0.15) is 0 Å². The third-order valence-corrected chi connectivity index (χ3v) is 4.20. The highest BCUT2D eigenvalue weighted by molar-refractivity contribution is 6.35. The molecule has 0 atom stereocenters. The van der Waals surface area contributed by atoms with Crippen molar-refractivity contribution >= 4 is 23.2 Å². The van der Waals surface area contributed by atoms with Gasteiger partial charge < -0.3 is 0 Å². The summed E-state index contributed by atoms with van der Waals surface area (Å²) in [5, 5.41) is 1.11. The summed E-state index contributed by atoms with van der Waals surface area (Å²) in [6.07, 6.45) is 0. The van der Waals surface area contributed by atoms with E-state index < -0.39 is 0 Å². The highest BCUT2D eigenvalue weighted by Crippen LogP contribution is 2.22. The zero-order chi connectivity index (χ0) is 16.4. The van der Waals surface area contributed by atoms with Crippen molar-refractivity contribution in [1.29, 1.82) is 0 Å². The number of nitrogens with zero attached hydrogens (tertiary/aromatic N) is 2. The van der Waals surface area contributed by atoms with Crippen molar-refractivity contribution in [2.24, 2.45) is 0 Å². The quantitative estimate of drug-likeness (QED) is 0.697. The van der Waals surface area contributed by atoms with Crippen LogP contribution in [-0.4, -0.2) is 9.55 Å². The number of hydrogen-bond acceptors (Lipinski definition) is 2. The maximum absolute atomic E-state index is 12.5. The first-order valence-corrected chi connectivity index (χ1v) is 7.88. The molecule has 1 heterocycles. The molecule has 116 valence electrons. The molecule has 3 nitrogen and oxygen atoms in total. The molecule has 0 saturated carbocycles. The van der Waals surface area contributed by atoms with Crippen LogP contribution >= 0.6 is 23.2 Å². The van der Waals surface area contributed by atoms with Gasteiger partial charge in [-0.3, -0.25) is 9.36 Å². The van der Waals surface area contributed by atoms with Gasteiger partial charge >= 0.3 is 0 Å². The normalized spacial score (nSPS) is 10.7. The summed E-state index contributed by atoms with van der Waals surface area (Å²) in [4.78, 5) is 17.0. The molecule has 0 unspecified atom stereocenters. The first-order chi connectivity index (χ1) is 11.0. The Bertz CT molecular complexity index is 905. The van der Waals surface area contributed by atoms with Gasteiger partial charge in [0.15, 0.2) is 0 Å². The fourth-order valence-electron chi connectivity index (χ4n) is 2.39. The smallest absolute Gasteiger partial charge is 0.254 e. The zero-order valence-corrected chi connectivity index (χ0v) is 14.0. The largest absolute Gasteiger partial charge is 0.292 e. The average Bonchev–Trinajstić information content (AvgIpc) is 2.53. The van der Waals surface area contributed by atoms with E-state index in [0.717, 1.165) is 11.1 Å². The number of aromatic nitrogens is 2. The van der Waals surface area contributed by atoms with Gasteiger partial charge in [-0.05, 0) is 24.6 Å². The van der Waals surface area contributed by atoms with Gasteiger partial charge in [-0.15, -0.1) is 0 Å². The molecule has 0 aliphatic rings. The maximum atomic E-state index is 12.5. The van der Waals surface area contributed by atoms with Crippen LogP contribution in [-0.2, 0) is 6.54 Å². The first-order valence-electron chi connectivity index (χ1n) is 7.12. The minimum Gasteiger partial charge on any atom is -0.292 e. The molecule has 0 radical (unpaired) electrons. The van der Waals surface area contributed by atoms with Crippen LogP contribution in [0.2, 0.25) is 10.0 Å². The second kappa shape index (κ2) is 6.57. The van der Waals surface area contributed by atoms with E-state index in [-0.39, 0.29) is 5.56 Å². The van der Waals surface area contributed by atoms with Crippen LogP contribution in [0, 0.1) is 6.92 Å². The summed E-state index contributed by atoms with van der Waals surface area (Å²) in [6, 6.07) is 16.4. The molecule has 0 aliphatic carbocycles. The van der Waals surface area contributed by atoms with Crippen LogP contribution in [0.5, 0.6) is 0 Å². The van der Waals surface area contributed by atoms with Crippen LogP contribution in [0.15, 0.2) is 59.4 Å². The second-order valence-electron chi connectivity index (χ2n) is 5.21. The summed E-state index contributed by atoms with van der Waals surface area (Å²) in [6.45, 7) is 2.18. The number of benzene rings is 2. The number of aryl methyl sites for hydroxylation is 1. The van der Waals surface area contributed by atoms with E-state index in [1.165, 1.54) is 0 Å². The molecule has 3 aromatic rings. The van der Waals surface area contributed by atoms with Crippen LogP contribution in [0.25, 0.3) is 11.3 Å². The van der Waals surface area contributed by atoms with Gasteiger partial charge in [0.05, 0.1) is 12.2 Å². The van der Waals surface area contributed by atoms with Gasteiger partial charge in [0, 0.05) is 21.7 Å². The fourth-order valence-corrected chi connectivity index (χ4v) is 2.86. The van der Waals surface area contributed by atoms with Gasteiger partial charge in [0.25, 0.3) is 5.56 Å². The molecule has 5 heteroatoms. The van der Waals surface area contributed by atoms with Crippen molar-refractivity contribution in [2.75, 3.05) is 0 Å². The number of hydrogen-bond donors (Lipinski definition) is 0. The Kier molecular flexibility index (Phi) is 4.51. The van der Waals surface area contributed by atoms with Crippen molar-refractivity contribution in [3.63, 3.8) is 0 Å². The van der Waals surface area contributed by atoms with Gasteiger partial charge in [-0.1, -0.05) is 59.6 Å². The molecule has 0 saturated heterocycles. The maximum Gasteiger partial charge on any atom is 0.254 e. The predicted octanol–water partition coefficient (Wildman–Crippen LogP) is 4.57. The highest BCUT2D eigenvalue weighted by Gasteiger charge is 2.09. The zero-order valence-electron chi connectivity index (χ0n) is 12.5. The van der Waals surface area contributed by atoms with E-state index in [1.807, 2.05) is 43.3 Å². The molecule has 0 bridgehead atoms. The molecule has 0 aliphatic heterocycles. The van der Waals surface area contributed by atoms with E-state index in [0.29, 0.717) is 28.1 Å². The Hall–Kier alpha value is -2.10. The van der Waals surface area contributed by atoms with E-state index in [9.17, 15) is 4.79 Å². The second-order valence-corrected chi connectivity index (χ2v) is 6.06. The number of rotatable bonds is 3. The monoisotopic (exact) mass is 344 g/mol. The predicted molar refractivity (Wildman–Crippen MR) is 94.2 cm³/mol. The van der Waals surface area contributed by atoms with Crippen molar-refractivity contribution < 1.29 is 0 Å². The molecule has 2 aromatic carbocycles. The third kappa shape index (κ3) is 3.46. The molecule has 0 fully saturated rings. The SMILES string of the molecule is Cc1nc(-c2ccccc2)cc(=O)n1Cc1ccc(Cl)cc1Cl. The van der Waals surface area contributed by atoms with E-state index >= 15 is 0 Å². The lowest BCUT2D eigenvalue weighted by atomic mass is 10.1. The standard InChI is InChI=1S/C18H14Cl2N2O/c1-12-21-17(13-5-3-2-4-6-13)10-18(23)22(12)11-14-7-8-15(19)9-16(14)20/h2-10H,11H2,1H3. The topological polar surface area (TPSA) is 34.9 Å². The van der Waals surface area contributed by atoms with E-state index in [1.54, 1.807) is 22.8 Å². The Morgan fingerprint density at radius 1 is 1.04 bits per heavy atom. The van der Waals surface area contributed by atoms with Crippen LogP contribution in [0.1, 0.15) is 11.4 Å². The summed E-state index contributed by atoms with van der Waals surface area (Å²) in [5.41, 5.74) is 2.31. The van der Waals surface area contributed by atoms with Crippen molar-refractivity contribution in [3.05, 3.63) is 86.4 Å². The van der Waals surface area contributed by atoms with E-state index in [4.69, 9.17) is 23.2 Å². The van der Waals surface area contributed by atoms with Crippen LogP contribution < -0.4 is 5.56 Å². The molecule has 1 aromatic heterocycles. The Balaban J connectivity index is 2.00. The molecular formula is C18H14Cl2N2O. The van der Waals surface area contributed by atoms with Crippen molar-refractivity contribution in [3.8, 4) is 11.3 Å². The molecular weight excluding hydrogens is 331 g/mol. The van der Waals surface area contributed by atoms with Gasteiger partial charge in [0.1, 0.15) is 5.82 Å². The third-order valence-electron chi connectivity index (χ3n) is 3.61. The summed E-state index contributed by atoms with van der Waals surface area (Å²) < 4.78 is 1.60. The molecule has 0 N–H and O–H groups in total. The summed E-state index contributed by atoms with van der Waals surface area (Å²) in [5.74, 6) is 0.641. The minimum absolute atomic E-state index is 0.109. The molecule has 0 amide bonds. The van der Waals surface area contributed by atoms with Gasteiger partial charge in [0.2, 0.25) is 0 Å². The van der Waals surface area contributed by atoms with Crippen molar-refractivity contribution in [1.82, 2.24) is 9.55 Å². The van der Waals surface area contributed by atoms with E-state index in [2.05, 4.69) is 4.98 Å². The van der Waals surface area contributed by atoms with Crippen LogP contribution in [0.3, 0.4) is 0 Å². The molecule has 3 rings (SSSR count). The first kappa shape index (κ1) is 15.8. The summed E-state index contributed by atoms with van der Waals surface area (Å²) >= 11 is 12.1. The minimum atomic E-state index is -0.109. The Labute approximate surface area is 144 Å². The lowest BCUT2D eigenvalue weighted by Crippen LogP contribution is -2.24. The molecule has 0 spiro atoms.